The van der Waals surface area contributed by atoms with E-state index in [1.54, 1.807) is 49.4 Å². The van der Waals surface area contributed by atoms with Crippen LogP contribution in [0, 0.1) is 6.92 Å². The van der Waals surface area contributed by atoms with Crippen molar-refractivity contribution in [3.8, 4) is 5.75 Å². The lowest BCUT2D eigenvalue weighted by atomic mass is 10.1. The SMILES string of the molecule is C=CCOc1cccc(NC(=O)c2ccc(C)c(S(=O)(=O)N3CCCC3)c2)c1. The summed E-state index contributed by atoms with van der Waals surface area (Å²) in [6.45, 7) is 6.76. The maximum atomic E-state index is 12.9. The van der Waals surface area contributed by atoms with Crippen molar-refractivity contribution in [2.45, 2.75) is 24.7 Å². The van der Waals surface area contributed by atoms with Gasteiger partial charge in [-0.3, -0.25) is 4.79 Å². The molecule has 3 rings (SSSR count). The minimum atomic E-state index is -3.59. The Balaban J connectivity index is 1.82. The van der Waals surface area contributed by atoms with Crippen molar-refractivity contribution in [3.63, 3.8) is 0 Å². The predicted molar refractivity (Wildman–Crippen MR) is 109 cm³/mol. The fourth-order valence-corrected chi connectivity index (χ4v) is 4.88. The number of hydrogen-bond acceptors (Lipinski definition) is 4. The molecule has 2 aromatic carbocycles. The van der Waals surface area contributed by atoms with E-state index in [1.807, 2.05) is 0 Å². The second kappa shape index (κ2) is 8.58. The van der Waals surface area contributed by atoms with Crippen LogP contribution in [0.4, 0.5) is 5.69 Å². The van der Waals surface area contributed by atoms with E-state index in [4.69, 9.17) is 4.74 Å². The molecule has 2 aromatic rings. The highest BCUT2D eigenvalue weighted by Crippen LogP contribution is 2.25. The third kappa shape index (κ3) is 4.43. The Labute approximate surface area is 165 Å². The Morgan fingerprint density at radius 3 is 2.68 bits per heavy atom. The summed E-state index contributed by atoms with van der Waals surface area (Å²) in [4.78, 5) is 12.9. The van der Waals surface area contributed by atoms with Crippen molar-refractivity contribution in [3.05, 3.63) is 66.2 Å². The summed E-state index contributed by atoms with van der Waals surface area (Å²) in [5, 5.41) is 2.79. The second-order valence-corrected chi connectivity index (χ2v) is 8.58. The van der Waals surface area contributed by atoms with E-state index in [0.29, 0.717) is 42.3 Å². The zero-order chi connectivity index (χ0) is 20.1. The molecule has 1 aliphatic heterocycles. The number of ether oxygens (including phenoxy) is 1. The van der Waals surface area contributed by atoms with Gasteiger partial charge < -0.3 is 10.1 Å². The second-order valence-electron chi connectivity index (χ2n) is 6.67. The lowest BCUT2D eigenvalue weighted by molar-refractivity contribution is 0.102. The summed E-state index contributed by atoms with van der Waals surface area (Å²) in [7, 11) is -3.59. The van der Waals surface area contributed by atoms with E-state index < -0.39 is 10.0 Å². The number of benzene rings is 2. The van der Waals surface area contributed by atoms with Gasteiger partial charge in [-0.05, 0) is 49.6 Å². The molecule has 6 nitrogen and oxygen atoms in total. The number of amides is 1. The first-order valence-corrected chi connectivity index (χ1v) is 10.6. The molecule has 0 aromatic heterocycles. The van der Waals surface area contributed by atoms with Crippen LogP contribution in [-0.4, -0.2) is 38.3 Å². The summed E-state index contributed by atoms with van der Waals surface area (Å²) in [6, 6.07) is 11.8. The molecule has 148 valence electrons. The number of anilines is 1. The molecule has 0 saturated carbocycles. The Bertz CT molecular complexity index is 980. The zero-order valence-corrected chi connectivity index (χ0v) is 16.7. The van der Waals surface area contributed by atoms with Gasteiger partial charge in [0.15, 0.2) is 0 Å². The molecule has 1 aliphatic rings. The molecular formula is C21H24N2O4S. The van der Waals surface area contributed by atoms with Gasteiger partial charge in [0.05, 0.1) is 4.90 Å². The third-order valence-electron chi connectivity index (χ3n) is 4.59. The number of sulfonamides is 1. The van der Waals surface area contributed by atoms with Crippen LogP contribution in [0.1, 0.15) is 28.8 Å². The first-order chi connectivity index (χ1) is 13.4. The summed E-state index contributed by atoms with van der Waals surface area (Å²) < 4.78 is 32.8. The average Bonchev–Trinajstić information content (AvgIpc) is 3.22. The number of carbonyl (C=O) groups excluding carboxylic acids is 1. The smallest absolute Gasteiger partial charge is 0.255 e. The van der Waals surface area contributed by atoms with Crippen LogP contribution in [-0.2, 0) is 10.0 Å². The van der Waals surface area contributed by atoms with Crippen LogP contribution in [0.15, 0.2) is 60.0 Å². The van der Waals surface area contributed by atoms with E-state index in [9.17, 15) is 13.2 Å². The predicted octanol–water partition coefficient (Wildman–Crippen LogP) is 3.60. The van der Waals surface area contributed by atoms with E-state index in [2.05, 4.69) is 11.9 Å². The average molecular weight is 401 g/mol. The number of carbonyl (C=O) groups is 1. The van der Waals surface area contributed by atoms with Gasteiger partial charge in [0, 0.05) is 30.4 Å². The third-order valence-corrected chi connectivity index (χ3v) is 6.63. The molecule has 28 heavy (non-hydrogen) atoms. The molecule has 1 N–H and O–H groups in total. The van der Waals surface area contributed by atoms with Gasteiger partial charge in [-0.25, -0.2) is 8.42 Å². The van der Waals surface area contributed by atoms with Crippen molar-refractivity contribution in [1.29, 1.82) is 0 Å². The highest BCUT2D eigenvalue weighted by Gasteiger charge is 2.29. The van der Waals surface area contributed by atoms with Crippen LogP contribution < -0.4 is 10.1 Å². The molecule has 0 atom stereocenters. The minimum Gasteiger partial charge on any atom is -0.489 e. The molecule has 1 amide bonds. The summed E-state index contributed by atoms with van der Waals surface area (Å²) >= 11 is 0. The maximum Gasteiger partial charge on any atom is 0.255 e. The summed E-state index contributed by atoms with van der Waals surface area (Å²) in [5.74, 6) is 0.234. The fraction of sp³-hybridized carbons (Fsp3) is 0.286. The number of hydrogen-bond donors (Lipinski definition) is 1. The molecule has 1 fully saturated rings. The lowest BCUT2D eigenvalue weighted by Crippen LogP contribution is -2.28. The van der Waals surface area contributed by atoms with Crippen LogP contribution in [0.25, 0.3) is 0 Å². The molecule has 0 radical (unpaired) electrons. The van der Waals surface area contributed by atoms with Gasteiger partial charge in [-0.1, -0.05) is 24.8 Å². The first-order valence-electron chi connectivity index (χ1n) is 9.18. The van der Waals surface area contributed by atoms with Crippen LogP contribution in [0.5, 0.6) is 5.75 Å². The van der Waals surface area contributed by atoms with Gasteiger partial charge >= 0.3 is 0 Å². The normalized spacial score (nSPS) is 14.6. The van der Waals surface area contributed by atoms with Crippen molar-refractivity contribution < 1.29 is 17.9 Å². The van der Waals surface area contributed by atoms with Crippen molar-refractivity contribution in [2.24, 2.45) is 0 Å². The molecule has 0 aliphatic carbocycles. The summed E-state index contributed by atoms with van der Waals surface area (Å²) in [5.41, 5.74) is 1.49. The molecule has 0 unspecified atom stereocenters. The van der Waals surface area contributed by atoms with E-state index in [1.165, 1.54) is 10.4 Å². The number of aryl methyl sites for hydroxylation is 1. The molecule has 0 spiro atoms. The standard InChI is InChI=1S/C21H24N2O4S/c1-3-13-27-19-8-6-7-18(15-19)22-21(24)17-10-9-16(2)20(14-17)28(25,26)23-11-4-5-12-23/h3,6-10,14-15H,1,4-5,11-13H2,2H3,(H,22,24). The Morgan fingerprint density at radius 1 is 1.21 bits per heavy atom. The van der Waals surface area contributed by atoms with Gasteiger partial charge in [0.25, 0.3) is 5.91 Å². The number of nitrogens with zero attached hydrogens (tertiary/aromatic N) is 1. The highest BCUT2D eigenvalue weighted by molar-refractivity contribution is 7.89. The van der Waals surface area contributed by atoms with Gasteiger partial charge in [-0.15, -0.1) is 0 Å². The van der Waals surface area contributed by atoms with Crippen LogP contribution >= 0.6 is 0 Å². The number of nitrogens with one attached hydrogen (secondary N) is 1. The van der Waals surface area contributed by atoms with Gasteiger partial charge in [0.2, 0.25) is 10.0 Å². The minimum absolute atomic E-state index is 0.185. The lowest BCUT2D eigenvalue weighted by Gasteiger charge is -2.18. The Morgan fingerprint density at radius 2 is 1.96 bits per heavy atom. The molecule has 7 heteroatoms. The number of rotatable bonds is 7. The topological polar surface area (TPSA) is 75.7 Å². The Hall–Kier alpha value is -2.64. The van der Waals surface area contributed by atoms with E-state index in [-0.39, 0.29) is 10.8 Å². The van der Waals surface area contributed by atoms with Gasteiger partial charge in [0.1, 0.15) is 12.4 Å². The van der Waals surface area contributed by atoms with Crippen molar-refractivity contribution in [1.82, 2.24) is 4.31 Å². The summed E-state index contributed by atoms with van der Waals surface area (Å²) in [6.07, 6.45) is 3.37. The largest absolute Gasteiger partial charge is 0.489 e. The molecule has 0 bridgehead atoms. The van der Waals surface area contributed by atoms with Crippen molar-refractivity contribution in [2.75, 3.05) is 25.0 Å². The first kappa shape index (κ1) is 20.1. The maximum absolute atomic E-state index is 12.9. The fourth-order valence-electron chi connectivity index (χ4n) is 3.11. The van der Waals surface area contributed by atoms with Crippen molar-refractivity contribution >= 4 is 21.6 Å². The van der Waals surface area contributed by atoms with E-state index in [0.717, 1.165) is 12.8 Å². The zero-order valence-electron chi connectivity index (χ0n) is 15.8. The molecular weight excluding hydrogens is 376 g/mol. The van der Waals surface area contributed by atoms with Crippen LogP contribution in [0.3, 0.4) is 0 Å². The quantitative estimate of drug-likeness (QED) is 0.721. The van der Waals surface area contributed by atoms with E-state index >= 15 is 0 Å². The highest BCUT2D eigenvalue weighted by atomic mass is 32.2. The molecule has 1 saturated heterocycles. The molecule has 1 heterocycles. The Kier molecular flexibility index (Phi) is 6.16. The van der Waals surface area contributed by atoms with Crippen LogP contribution in [0.2, 0.25) is 0 Å². The monoisotopic (exact) mass is 400 g/mol. The van der Waals surface area contributed by atoms with Gasteiger partial charge in [-0.2, -0.15) is 4.31 Å².